The molecule has 19 heavy (non-hydrogen) atoms. The Hall–Kier alpha value is -0.870. The van der Waals surface area contributed by atoms with Crippen molar-refractivity contribution in [2.75, 3.05) is 26.2 Å². The van der Waals surface area contributed by atoms with Gasteiger partial charge in [0.1, 0.15) is 18.1 Å². The fourth-order valence-electron chi connectivity index (χ4n) is 2.44. The van der Waals surface area contributed by atoms with Crippen molar-refractivity contribution in [3.05, 3.63) is 28.7 Å². The van der Waals surface area contributed by atoms with E-state index in [2.05, 4.69) is 20.8 Å². The first kappa shape index (κ1) is 14.5. The van der Waals surface area contributed by atoms with Gasteiger partial charge in [-0.1, -0.05) is 22.0 Å². The Labute approximate surface area is 123 Å². The Bertz CT molecular complexity index is 436. The van der Waals surface area contributed by atoms with Crippen molar-refractivity contribution in [2.24, 2.45) is 5.92 Å². The predicted molar refractivity (Wildman–Crippen MR) is 79.5 cm³/mol. The predicted octanol–water partition coefficient (Wildman–Crippen LogP) is 3.13. The van der Waals surface area contributed by atoms with Gasteiger partial charge in [-0.3, -0.25) is 9.69 Å². The Morgan fingerprint density at radius 1 is 1.53 bits per heavy atom. The maximum Gasteiger partial charge on any atom is 0.134 e. The van der Waals surface area contributed by atoms with Crippen LogP contribution in [0.5, 0.6) is 5.75 Å². The summed E-state index contributed by atoms with van der Waals surface area (Å²) in [7, 11) is 0. The molecule has 0 spiro atoms. The molecule has 0 N–H and O–H groups in total. The lowest BCUT2D eigenvalue weighted by molar-refractivity contribution is -0.122. The molecule has 1 aliphatic rings. The van der Waals surface area contributed by atoms with Crippen LogP contribution in [0.3, 0.4) is 0 Å². The third kappa shape index (κ3) is 4.62. The molecule has 104 valence electrons. The molecule has 0 saturated carbocycles. The number of piperidine rings is 1. The van der Waals surface area contributed by atoms with E-state index in [0.29, 0.717) is 12.4 Å². The van der Waals surface area contributed by atoms with Crippen LogP contribution >= 0.6 is 15.9 Å². The van der Waals surface area contributed by atoms with Crippen LogP contribution in [-0.2, 0) is 4.79 Å². The van der Waals surface area contributed by atoms with Crippen LogP contribution in [0.15, 0.2) is 28.7 Å². The third-order valence-electron chi connectivity index (χ3n) is 3.55. The average Bonchev–Trinajstić information content (AvgIpc) is 2.39. The number of nitrogens with zero attached hydrogens (tertiary/aromatic N) is 1. The van der Waals surface area contributed by atoms with E-state index in [0.717, 1.165) is 42.7 Å². The fourth-order valence-corrected chi connectivity index (χ4v) is 2.82. The minimum atomic E-state index is 0.222. The number of rotatable bonds is 5. The van der Waals surface area contributed by atoms with Gasteiger partial charge in [-0.25, -0.2) is 0 Å². The molecule has 0 amide bonds. The van der Waals surface area contributed by atoms with Gasteiger partial charge in [-0.05, 0) is 44.5 Å². The molecule has 3 nitrogen and oxygen atoms in total. The number of halogens is 1. The zero-order chi connectivity index (χ0) is 13.7. The van der Waals surface area contributed by atoms with E-state index in [1.165, 1.54) is 0 Å². The number of hydrogen-bond donors (Lipinski definition) is 0. The van der Waals surface area contributed by atoms with Crippen LogP contribution in [0.2, 0.25) is 0 Å². The van der Waals surface area contributed by atoms with Crippen LogP contribution in [0.1, 0.15) is 19.8 Å². The number of likely N-dealkylation sites (tertiary alicyclic amines) is 1. The molecule has 4 heteroatoms. The van der Waals surface area contributed by atoms with Gasteiger partial charge in [0.2, 0.25) is 0 Å². The van der Waals surface area contributed by atoms with Crippen molar-refractivity contribution in [3.8, 4) is 5.75 Å². The Morgan fingerprint density at radius 2 is 2.37 bits per heavy atom. The molecule has 1 unspecified atom stereocenters. The van der Waals surface area contributed by atoms with Gasteiger partial charge in [0.05, 0.1) is 0 Å². The molecule has 0 radical (unpaired) electrons. The number of ketones is 1. The summed E-state index contributed by atoms with van der Waals surface area (Å²) in [5, 5.41) is 0. The monoisotopic (exact) mass is 325 g/mol. The van der Waals surface area contributed by atoms with E-state index in [4.69, 9.17) is 4.74 Å². The van der Waals surface area contributed by atoms with Gasteiger partial charge in [-0.2, -0.15) is 0 Å². The van der Waals surface area contributed by atoms with Gasteiger partial charge in [0.15, 0.2) is 0 Å². The Morgan fingerprint density at radius 3 is 3.11 bits per heavy atom. The van der Waals surface area contributed by atoms with Gasteiger partial charge >= 0.3 is 0 Å². The smallest absolute Gasteiger partial charge is 0.134 e. The summed E-state index contributed by atoms with van der Waals surface area (Å²) < 4.78 is 6.76. The molecular formula is C15H20BrNO2. The van der Waals surface area contributed by atoms with Crippen LogP contribution in [-0.4, -0.2) is 36.9 Å². The first-order valence-corrected chi connectivity index (χ1v) is 7.55. The Kier molecular flexibility index (Phi) is 5.40. The molecule has 1 saturated heterocycles. The third-order valence-corrected chi connectivity index (χ3v) is 4.05. The summed E-state index contributed by atoms with van der Waals surface area (Å²) in [5.41, 5.74) is 0. The topological polar surface area (TPSA) is 29.5 Å². The minimum absolute atomic E-state index is 0.222. The second-order valence-electron chi connectivity index (χ2n) is 5.06. The minimum Gasteiger partial charge on any atom is -0.492 e. The van der Waals surface area contributed by atoms with E-state index in [1.54, 1.807) is 6.92 Å². The molecule has 1 fully saturated rings. The number of hydrogen-bond acceptors (Lipinski definition) is 3. The largest absolute Gasteiger partial charge is 0.492 e. The highest BCUT2D eigenvalue weighted by Crippen LogP contribution is 2.19. The number of carbonyl (C=O) groups is 1. The van der Waals surface area contributed by atoms with Crippen molar-refractivity contribution in [1.29, 1.82) is 0 Å². The standard InChI is InChI=1S/C15H20BrNO2/c1-12(18)13-4-3-7-17(11-13)8-9-19-15-6-2-5-14(16)10-15/h2,5-6,10,13H,3-4,7-9,11H2,1H3. The second-order valence-corrected chi connectivity index (χ2v) is 5.97. The Balaban J connectivity index is 1.75. The molecular weight excluding hydrogens is 306 g/mol. The van der Waals surface area contributed by atoms with E-state index >= 15 is 0 Å². The fraction of sp³-hybridized carbons (Fsp3) is 0.533. The van der Waals surface area contributed by atoms with Crippen molar-refractivity contribution in [3.63, 3.8) is 0 Å². The highest BCUT2D eigenvalue weighted by Gasteiger charge is 2.22. The first-order chi connectivity index (χ1) is 9.15. The van der Waals surface area contributed by atoms with Gasteiger partial charge < -0.3 is 4.74 Å². The van der Waals surface area contributed by atoms with E-state index in [1.807, 2.05) is 24.3 Å². The van der Waals surface area contributed by atoms with Gasteiger partial charge in [-0.15, -0.1) is 0 Å². The lowest BCUT2D eigenvalue weighted by atomic mass is 9.95. The number of carbonyl (C=O) groups excluding carboxylic acids is 1. The summed E-state index contributed by atoms with van der Waals surface area (Å²) in [4.78, 5) is 13.7. The van der Waals surface area contributed by atoms with Crippen LogP contribution in [0.4, 0.5) is 0 Å². The molecule has 0 bridgehead atoms. The lowest BCUT2D eigenvalue weighted by Gasteiger charge is -2.31. The van der Waals surface area contributed by atoms with Crippen LogP contribution in [0, 0.1) is 5.92 Å². The summed E-state index contributed by atoms with van der Waals surface area (Å²) in [6, 6.07) is 7.87. The van der Waals surface area contributed by atoms with Crippen molar-refractivity contribution in [2.45, 2.75) is 19.8 Å². The summed E-state index contributed by atoms with van der Waals surface area (Å²) >= 11 is 3.43. The molecule has 0 aliphatic carbocycles. The van der Waals surface area contributed by atoms with Crippen molar-refractivity contribution in [1.82, 2.24) is 4.90 Å². The molecule has 1 aromatic rings. The van der Waals surface area contributed by atoms with Crippen molar-refractivity contribution >= 4 is 21.7 Å². The lowest BCUT2D eigenvalue weighted by Crippen LogP contribution is -2.40. The summed E-state index contributed by atoms with van der Waals surface area (Å²) in [6.45, 7) is 5.21. The molecule has 2 rings (SSSR count). The van der Waals surface area contributed by atoms with Gasteiger partial charge in [0.25, 0.3) is 0 Å². The summed E-state index contributed by atoms with van der Waals surface area (Å²) in [5.74, 6) is 1.42. The van der Waals surface area contributed by atoms with Crippen molar-refractivity contribution < 1.29 is 9.53 Å². The number of ether oxygens (including phenoxy) is 1. The zero-order valence-corrected chi connectivity index (χ0v) is 12.9. The maximum absolute atomic E-state index is 11.4. The quantitative estimate of drug-likeness (QED) is 0.833. The van der Waals surface area contributed by atoms with E-state index in [9.17, 15) is 4.79 Å². The average molecular weight is 326 g/mol. The SMILES string of the molecule is CC(=O)C1CCCN(CCOc2cccc(Br)c2)C1. The molecule has 1 heterocycles. The molecule has 1 atom stereocenters. The van der Waals surface area contributed by atoms with Crippen LogP contribution < -0.4 is 4.74 Å². The highest BCUT2D eigenvalue weighted by molar-refractivity contribution is 9.10. The summed E-state index contributed by atoms with van der Waals surface area (Å²) in [6.07, 6.45) is 2.15. The van der Waals surface area contributed by atoms with Gasteiger partial charge in [0, 0.05) is 23.5 Å². The molecule has 1 aromatic carbocycles. The molecule has 0 aromatic heterocycles. The highest BCUT2D eigenvalue weighted by atomic mass is 79.9. The number of benzene rings is 1. The second kappa shape index (κ2) is 7.06. The van der Waals surface area contributed by atoms with E-state index in [-0.39, 0.29) is 5.92 Å². The maximum atomic E-state index is 11.4. The molecule has 1 aliphatic heterocycles. The van der Waals surface area contributed by atoms with Crippen LogP contribution in [0.25, 0.3) is 0 Å². The zero-order valence-electron chi connectivity index (χ0n) is 11.3. The normalized spacial score (nSPS) is 20.2. The number of Topliss-reactive ketones (excluding diaryl/α,β-unsaturated/α-hetero) is 1. The van der Waals surface area contributed by atoms with E-state index < -0.39 is 0 Å². The first-order valence-electron chi connectivity index (χ1n) is 6.76.